The molecule has 70 valence electrons. The summed E-state index contributed by atoms with van der Waals surface area (Å²) in [5.41, 5.74) is 0.335. The lowest BCUT2D eigenvalue weighted by atomic mass is 10.0. The SMILES string of the molecule is C=C(C(=O)O)C(C)(C)[Si](C)(C)C. The molecule has 2 nitrogen and oxygen atoms in total. The van der Waals surface area contributed by atoms with E-state index in [0.717, 1.165) is 0 Å². The number of hydrogen-bond donors (Lipinski definition) is 1. The van der Waals surface area contributed by atoms with Gasteiger partial charge < -0.3 is 5.11 Å². The fourth-order valence-electron chi connectivity index (χ4n) is 0.720. The molecule has 0 unspecified atom stereocenters. The third-order valence-corrected chi connectivity index (χ3v) is 6.94. The van der Waals surface area contributed by atoms with E-state index in [4.69, 9.17) is 5.11 Å². The Morgan fingerprint density at radius 1 is 1.33 bits per heavy atom. The third kappa shape index (κ3) is 1.97. The maximum absolute atomic E-state index is 10.7. The van der Waals surface area contributed by atoms with Gasteiger partial charge in [-0.1, -0.05) is 40.1 Å². The zero-order valence-electron chi connectivity index (χ0n) is 8.56. The molecule has 0 radical (unpaired) electrons. The van der Waals surface area contributed by atoms with Crippen LogP contribution < -0.4 is 0 Å². The van der Waals surface area contributed by atoms with Crippen LogP contribution in [0.5, 0.6) is 0 Å². The van der Waals surface area contributed by atoms with E-state index in [1.165, 1.54) is 0 Å². The molecule has 3 heteroatoms. The average Bonchev–Trinajstić information content (AvgIpc) is 1.83. The van der Waals surface area contributed by atoms with Crippen LogP contribution in [0.15, 0.2) is 12.2 Å². The minimum Gasteiger partial charge on any atom is -0.478 e. The molecule has 0 aliphatic heterocycles. The lowest BCUT2D eigenvalue weighted by molar-refractivity contribution is -0.133. The minimum absolute atomic E-state index is 0.237. The van der Waals surface area contributed by atoms with Gasteiger partial charge in [0.15, 0.2) is 0 Å². The van der Waals surface area contributed by atoms with E-state index >= 15 is 0 Å². The maximum atomic E-state index is 10.7. The largest absolute Gasteiger partial charge is 0.478 e. The highest BCUT2D eigenvalue weighted by Crippen LogP contribution is 2.43. The van der Waals surface area contributed by atoms with Gasteiger partial charge >= 0.3 is 5.97 Å². The van der Waals surface area contributed by atoms with E-state index in [1.807, 2.05) is 13.8 Å². The molecule has 0 aromatic heterocycles. The zero-order valence-corrected chi connectivity index (χ0v) is 9.56. The fourth-order valence-corrected chi connectivity index (χ4v) is 1.73. The highest BCUT2D eigenvalue weighted by molar-refractivity contribution is 6.80. The van der Waals surface area contributed by atoms with E-state index in [9.17, 15) is 4.79 Å². The second kappa shape index (κ2) is 3.05. The van der Waals surface area contributed by atoms with Gasteiger partial charge in [0, 0.05) is 5.57 Å². The summed E-state index contributed by atoms with van der Waals surface area (Å²) in [5.74, 6) is -0.873. The van der Waals surface area contributed by atoms with Crippen molar-refractivity contribution in [1.82, 2.24) is 0 Å². The van der Waals surface area contributed by atoms with Crippen LogP contribution in [-0.4, -0.2) is 19.1 Å². The van der Waals surface area contributed by atoms with Crippen LogP contribution in [0, 0.1) is 0 Å². The summed E-state index contributed by atoms with van der Waals surface area (Å²) in [6.07, 6.45) is 0. The van der Waals surface area contributed by atoms with Gasteiger partial charge in [0.2, 0.25) is 0 Å². The van der Waals surface area contributed by atoms with Crippen molar-refractivity contribution in [2.24, 2.45) is 0 Å². The molecule has 0 aliphatic rings. The van der Waals surface area contributed by atoms with Crippen LogP contribution in [0.3, 0.4) is 0 Å². The number of hydrogen-bond acceptors (Lipinski definition) is 1. The number of carbonyl (C=O) groups is 1. The smallest absolute Gasteiger partial charge is 0.331 e. The molecule has 0 aromatic carbocycles. The van der Waals surface area contributed by atoms with Crippen molar-refractivity contribution < 1.29 is 9.90 Å². The Morgan fingerprint density at radius 2 is 1.67 bits per heavy atom. The molecule has 0 heterocycles. The van der Waals surface area contributed by atoms with Gasteiger partial charge in [-0.05, 0) is 5.04 Å². The van der Waals surface area contributed by atoms with E-state index in [0.29, 0.717) is 5.57 Å². The molecule has 0 aliphatic carbocycles. The van der Waals surface area contributed by atoms with Crippen molar-refractivity contribution in [3.05, 3.63) is 12.2 Å². The number of rotatable bonds is 3. The first-order valence-corrected chi connectivity index (χ1v) is 7.53. The van der Waals surface area contributed by atoms with Crippen LogP contribution >= 0.6 is 0 Å². The highest BCUT2D eigenvalue weighted by atomic mass is 28.3. The summed E-state index contributed by atoms with van der Waals surface area (Å²) < 4.78 is 0. The predicted octanol–water partition coefficient (Wildman–Crippen LogP) is 2.75. The summed E-state index contributed by atoms with van der Waals surface area (Å²) in [6, 6.07) is 0. The third-order valence-electron chi connectivity index (χ3n) is 2.89. The normalized spacial score (nSPS) is 12.8. The summed E-state index contributed by atoms with van der Waals surface area (Å²) in [4.78, 5) is 10.7. The Labute approximate surface area is 75.3 Å². The second-order valence-corrected chi connectivity index (χ2v) is 10.4. The van der Waals surface area contributed by atoms with Gasteiger partial charge in [-0.3, -0.25) is 0 Å². The molecule has 1 N–H and O–H groups in total. The Morgan fingerprint density at radius 3 is 1.75 bits per heavy atom. The van der Waals surface area contributed by atoms with Crippen molar-refractivity contribution in [2.75, 3.05) is 0 Å². The quantitative estimate of drug-likeness (QED) is 0.543. The molecule has 0 fully saturated rings. The summed E-state index contributed by atoms with van der Waals surface area (Å²) in [7, 11) is -1.49. The molecule has 0 saturated heterocycles. The molecule has 0 atom stereocenters. The second-order valence-electron chi connectivity index (χ2n) is 4.66. The van der Waals surface area contributed by atoms with Gasteiger partial charge in [-0.2, -0.15) is 0 Å². The first-order chi connectivity index (χ1) is 5.10. The van der Waals surface area contributed by atoms with E-state index in [-0.39, 0.29) is 5.04 Å². The predicted molar refractivity (Wildman–Crippen MR) is 54.2 cm³/mol. The number of carboxylic acid groups (broad SMARTS) is 1. The summed E-state index contributed by atoms with van der Waals surface area (Å²) in [6.45, 7) is 14.0. The van der Waals surface area contributed by atoms with Crippen LogP contribution in [0.4, 0.5) is 0 Å². The van der Waals surface area contributed by atoms with Crippen LogP contribution in [0.2, 0.25) is 24.7 Å². The van der Waals surface area contributed by atoms with Gasteiger partial charge in [0.25, 0.3) is 0 Å². The van der Waals surface area contributed by atoms with E-state index in [1.54, 1.807) is 0 Å². The average molecular weight is 186 g/mol. The zero-order chi connectivity index (χ0) is 10.2. The first kappa shape index (κ1) is 11.4. The molecule has 0 spiro atoms. The number of carboxylic acids is 1. The molecule has 0 rings (SSSR count). The maximum Gasteiger partial charge on any atom is 0.331 e. The van der Waals surface area contributed by atoms with Crippen molar-refractivity contribution >= 4 is 14.0 Å². The topological polar surface area (TPSA) is 37.3 Å². The Bertz CT molecular complexity index is 211. The lowest BCUT2D eigenvalue weighted by Gasteiger charge is -2.37. The van der Waals surface area contributed by atoms with Gasteiger partial charge in [0.05, 0.1) is 8.07 Å². The van der Waals surface area contributed by atoms with Gasteiger partial charge in [0.1, 0.15) is 0 Å². The van der Waals surface area contributed by atoms with Crippen molar-refractivity contribution in [3.8, 4) is 0 Å². The molecule has 0 aromatic rings. The van der Waals surface area contributed by atoms with Crippen molar-refractivity contribution in [2.45, 2.75) is 38.5 Å². The van der Waals surface area contributed by atoms with Gasteiger partial charge in [-0.15, -0.1) is 0 Å². The summed E-state index contributed by atoms with van der Waals surface area (Å²) in [5, 5.41) is 8.57. The highest BCUT2D eigenvalue weighted by Gasteiger charge is 2.39. The Balaban J connectivity index is 4.87. The van der Waals surface area contributed by atoms with Gasteiger partial charge in [-0.25, -0.2) is 4.79 Å². The molecule has 0 amide bonds. The minimum atomic E-state index is -1.49. The lowest BCUT2D eigenvalue weighted by Crippen LogP contribution is -2.38. The molecule has 0 bridgehead atoms. The Kier molecular flexibility index (Phi) is 2.91. The standard InChI is InChI=1S/C9H18O2Si/c1-7(8(10)11)9(2,3)12(4,5)6/h1H2,2-6H3,(H,10,11). The van der Waals surface area contributed by atoms with E-state index in [2.05, 4.69) is 26.2 Å². The first-order valence-electron chi connectivity index (χ1n) is 4.03. The molecule has 12 heavy (non-hydrogen) atoms. The van der Waals surface area contributed by atoms with Crippen molar-refractivity contribution in [3.63, 3.8) is 0 Å². The Hall–Kier alpha value is -0.573. The fraction of sp³-hybridized carbons (Fsp3) is 0.667. The van der Waals surface area contributed by atoms with Crippen LogP contribution in [0.1, 0.15) is 13.8 Å². The molecular weight excluding hydrogens is 168 g/mol. The molecular formula is C9H18O2Si. The van der Waals surface area contributed by atoms with Crippen LogP contribution in [0.25, 0.3) is 0 Å². The molecule has 0 saturated carbocycles. The monoisotopic (exact) mass is 186 g/mol. The van der Waals surface area contributed by atoms with E-state index < -0.39 is 14.0 Å². The summed E-state index contributed by atoms with van der Waals surface area (Å²) >= 11 is 0. The van der Waals surface area contributed by atoms with Crippen molar-refractivity contribution in [1.29, 1.82) is 0 Å². The number of aliphatic carboxylic acids is 1. The van der Waals surface area contributed by atoms with Crippen LogP contribution in [-0.2, 0) is 4.79 Å².